The van der Waals surface area contributed by atoms with Gasteiger partial charge in [0.2, 0.25) is 9.84 Å². The molecule has 0 amide bonds. The predicted octanol–water partition coefficient (Wildman–Crippen LogP) is 2.35. The average Bonchev–Trinajstić information content (AvgIpc) is 2.38. The fourth-order valence-corrected chi connectivity index (χ4v) is 4.09. The van der Waals surface area contributed by atoms with Crippen LogP contribution in [0, 0.1) is 0 Å². The van der Waals surface area contributed by atoms with Crippen LogP contribution >= 0.6 is 15.9 Å². The Hall–Kier alpha value is -0.650. The molecule has 0 radical (unpaired) electrons. The Morgan fingerprint density at radius 2 is 2.12 bits per heavy atom. The molecule has 0 aliphatic carbocycles. The smallest absolute Gasteiger partial charge is 0.200 e. The third-order valence-electron chi connectivity index (χ3n) is 2.42. The second kappa shape index (κ2) is 3.98. The quantitative estimate of drug-likeness (QED) is 0.912. The summed E-state index contributed by atoms with van der Waals surface area (Å²) in [6.45, 7) is 1.64. The number of fused-ring (bicyclic) bond motifs is 1. The summed E-state index contributed by atoms with van der Waals surface area (Å²) in [5, 5.41) is 10.6. The number of sulfone groups is 1. The molecular formula is C11H11BrO3S. The van der Waals surface area contributed by atoms with Gasteiger partial charge >= 0.3 is 0 Å². The SMILES string of the molecule is CC(O)CC1=CS(=O)(=O)c2cccc(Br)c21. The van der Waals surface area contributed by atoms with E-state index in [1.165, 1.54) is 5.41 Å². The van der Waals surface area contributed by atoms with E-state index in [2.05, 4.69) is 15.9 Å². The summed E-state index contributed by atoms with van der Waals surface area (Å²) in [5.74, 6) is 0. The highest BCUT2D eigenvalue weighted by atomic mass is 79.9. The first kappa shape index (κ1) is 11.8. The molecule has 0 saturated heterocycles. The fourth-order valence-electron chi connectivity index (χ4n) is 1.83. The Morgan fingerprint density at radius 3 is 2.75 bits per heavy atom. The van der Waals surface area contributed by atoms with Crippen molar-refractivity contribution in [2.24, 2.45) is 0 Å². The lowest BCUT2D eigenvalue weighted by Gasteiger charge is -2.08. The summed E-state index contributed by atoms with van der Waals surface area (Å²) >= 11 is 3.34. The topological polar surface area (TPSA) is 54.4 Å². The van der Waals surface area contributed by atoms with Gasteiger partial charge in [-0.15, -0.1) is 0 Å². The van der Waals surface area contributed by atoms with Crippen LogP contribution in [0.15, 0.2) is 33.0 Å². The van der Waals surface area contributed by atoms with Crippen molar-refractivity contribution < 1.29 is 13.5 Å². The molecule has 1 atom stereocenters. The summed E-state index contributed by atoms with van der Waals surface area (Å²) in [6, 6.07) is 5.08. The van der Waals surface area contributed by atoms with E-state index in [1.54, 1.807) is 25.1 Å². The number of hydrogen-bond donors (Lipinski definition) is 1. The normalized spacial score (nSPS) is 19.1. The number of aliphatic hydroxyl groups is 1. The number of benzene rings is 1. The van der Waals surface area contributed by atoms with Crippen LogP contribution < -0.4 is 0 Å². The standard InChI is InChI=1S/C11H11BrO3S/c1-7(13)5-8-6-16(14,15)10-4-2-3-9(12)11(8)10/h2-4,6-7,13H,5H2,1H3. The molecule has 0 aromatic heterocycles. The molecule has 16 heavy (non-hydrogen) atoms. The fraction of sp³-hybridized carbons (Fsp3) is 0.273. The van der Waals surface area contributed by atoms with E-state index in [0.29, 0.717) is 22.5 Å². The van der Waals surface area contributed by atoms with Gasteiger partial charge in [0.05, 0.1) is 11.0 Å². The van der Waals surface area contributed by atoms with Crippen molar-refractivity contribution in [2.45, 2.75) is 24.3 Å². The van der Waals surface area contributed by atoms with Gasteiger partial charge < -0.3 is 5.11 Å². The van der Waals surface area contributed by atoms with Gasteiger partial charge in [0, 0.05) is 15.4 Å². The highest BCUT2D eigenvalue weighted by molar-refractivity contribution is 9.10. The summed E-state index contributed by atoms with van der Waals surface area (Å²) in [4.78, 5) is 0.317. The third kappa shape index (κ3) is 1.95. The van der Waals surface area contributed by atoms with E-state index >= 15 is 0 Å². The van der Waals surface area contributed by atoms with Gasteiger partial charge in [-0.25, -0.2) is 8.42 Å². The van der Waals surface area contributed by atoms with Crippen LogP contribution in [0.2, 0.25) is 0 Å². The second-order valence-corrected chi connectivity index (χ2v) is 6.47. The molecule has 1 N–H and O–H groups in total. The molecule has 1 heterocycles. The van der Waals surface area contributed by atoms with E-state index in [9.17, 15) is 13.5 Å². The lowest BCUT2D eigenvalue weighted by molar-refractivity contribution is 0.201. The van der Waals surface area contributed by atoms with E-state index in [4.69, 9.17) is 0 Å². The van der Waals surface area contributed by atoms with Crippen molar-refractivity contribution in [3.8, 4) is 0 Å². The molecule has 1 unspecified atom stereocenters. The summed E-state index contributed by atoms with van der Waals surface area (Å²) in [7, 11) is -3.33. The van der Waals surface area contributed by atoms with Gasteiger partial charge in [-0.2, -0.15) is 0 Å². The molecule has 5 heteroatoms. The minimum atomic E-state index is -3.33. The van der Waals surface area contributed by atoms with Crippen LogP contribution in [0.3, 0.4) is 0 Å². The van der Waals surface area contributed by atoms with E-state index in [0.717, 1.165) is 4.47 Å². The number of aliphatic hydroxyl groups excluding tert-OH is 1. The maximum Gasteiger partial charge on any atom is 0.200 e. The molecule has 0 fully saturated rings. The minimum absolute atomic E-state index is 0.317. The van der Waals surface area contributed by atoms with Gasteiger partial charge in [-0.1, -0.05) is 22.0 Å². The minimum Gasteiger partial charge on any atom is -0.393 e. The van der Waals surface area contributed by atoms with Crippen molar-refractivity contribution in [1.29, 1.82) is 0 Å². The van der Waals surface area contributed by atoms with Crippen LogP contribution in [0.5, 0.6) is 0 Å². The molecule has 3 nitrogen and oxygen atoms in total. The Morgan fingerprint density at radius 1 is 1.44 bits per heavy atom. The van der Waals surface area contributed by atoms with Crippen LogP contribution in [-0.4, -0.2) is 19.6 Å². The zero-order valence-corrected chi connectivity index (χ0v) is 11.0. The first-order valence-electron chi connectivity index (χ1n) is 4.84. The molecular weight excluding hydrogens is 292 g/mol. The first-order chi connectivity index (χ1) is 7.42. The zero-order chi connectivity index (χ0) is 11.9. The first-order valence-corrected chi connectivity index (χ1v) is 7.18. The Balaban J connectivity index is 2.62. The van der Waals surface area contributed by atoms with Gasteiger partial charge in [0.1, 0.15) is 0 Å². The van der Waals surface area contributed by atoms with Crippen LogP contribution in [-0.2, 0) is 9.84 Å². The van der Waals surface area contributed by atoms with Gasteiger partial charge in [0.15, 0.2) is 0 Å². The maximum absolute atomic E-state index is 11.8. The maximum atomic E-state index is 11.8. The van der Waals surface area contributed by atoms with Crippen molar-refractivity contribution in [3.05, 3.63) is 33.6 Å². The largest absolute Gasteiger partial charge is 0.393 e. The molecule has 0 bridgehead atoms. The molecule has 86 valence electrons. The monoisotopic (exact) mass is 302 g/mol. The van der Waals surface area contributed by atoms with Crippen LogP contribution in [0.25, 0.3) is 5.57 Å². The Kier molecular flexibility index (Phi) is 2.94. The van der Waals surface area contributed by atoms with E-state index in [1.807, 2.05) is 0 Å². The van der Waals surface area contributed by atoms with Crippen LogP contribution in [0.4, 0.5) is 0 Å². The number of hydrogen-bond acceptors (Lipinski definition) is 3. The summed E-state index contributed by atoms with van der Waals surface area (Å²) < 4.78 is 24.4. The summed E-state index contributed by atoms with van der Waals surface area (Å²) in [5.41, 5.74) is 1.35. The predicted molar refractivity (Wildman–Crippen MR) is 65.6 cm³/mol. The van der Waals surface area contributed by atoms with Crippen molar-refractivity contribution in [2.75, 3.05) is 0 Å². The molecule has 1 aromatic rings. The lowest BCUT2D eigenvalue weighted by atomic mass is 10.0. The molecule has 2 rings (SSSR count). The number of halogens is 1. The lowest BCUT2D eigenvalue weighted by Crippen LogP contribution is -2.00. The zero-order valence-electron chi connectivity index (χ0n) is 8.64. The van der Waals surface area contributed by atoms with E-state index in [-0.39, 0.29) is 0 Å². The van der Waals surface area contributed by atoms with Crippen LogP contribution in [0.1, 0.15) is 18.9 Å². The molecule has 1 aromatic carbocycles. The molecule has 0 saturated carbocycles. The van der Waals surface area contributed by atoms with Gasteiger partial charge in [-0.05, 0) is 31.1 Å². The molecule has 0 spiro atoms. The molecule has 1 aliphatic heterocycles. The third-order valence-corrected chi connectivity index (χ3v) is 4.62. The van der Waals surface area contributed by atoms with Crippen molar-refractivity contribution in [1.82, 2.24) is 0 Å². The number of rotatable bonds is 2. The average molecular weight is 303 g/mol. The summed E-state index contributed by atoms with van der Waals surface area (Å²) in [6.07, 6.45) is -0.214. The van der Waals surface area contributed by atoms with Gasteiger partial charge in [-0.3, -0.25) is 0 Å². The Bertz CT molecular complexity index is 559. The van der Waals surface area contributed by atoms with Crippen molar-refractivity contribution >= 4 is 31.3 Å². The van der Waals surface area contributed by atoms with Gasteiger partial charge in [0.25, 0.3) is 0 Å². The highest BCUT2D eigenvalue weighted by Gasteiger charge is 2.28. The Labute approximate surface area is 103 Å². The molecule has 1 aliphatic rings. The van der Waals surface area contributed by atoms with E-state index < -0.39 is 15.9 Å². The second-order valence-electron chi connectivity index (χ2n) is 3.85. The highest BCUT2D eigenvalue weighted by Crippen LogP contribution is 2.40. The van der Waals surface area contributed by atoms with Crippen molar-refractivity contribution in [3.63, 3.8) is 0 Å².